The van der Waals surface area contributed by atoms with E-state index in [0.29, 0.717) is 11.6 Å². The zero-order valence-electron chi connectivity index (χ0n) is 11.2. The lowest BCUT2D eigenvalue weighted by Gasteiger charge is -2.32. The second kappa shape index (κ2) is 6.16. The van der Waals surface area contributed by atoms with E-state index in [9.17, 15) is 4.79 Å². The molecule has 1 N–H and O–H groups in total. The zero-order chi connectivity index (χ0) is 14.1. The summed E-state index contributed by atoms with van der Waals surface area (Å²) < 4.78 is 1.83. The molecule has 3 rings (SSSR count). The molecule has 0 spiro atoms. The molecule has 5 heteroatoms. The summed E-state index contributed by atoms with van der Waals surface area (Å²) in [5.41, 5.74) is 0.705. The number of benzene rings is 1. The van der Waals surface area contributed by atoms with Crippen LogP contribution in [0.3, 0.4) is 0 Å². The summed E-state index contributed by atoms with van der Waals surface area (Å²) in [7, 11) is 0. The van der Waals surface area contributed by atoms with Gasteiger partial charge in [-0.05, 0) is 43.9 Å². The number of piperidine rings is 1. The predicted molar refractivity (Wildman–Crippen MR) is 86.9 cm³/mol. The Morgan fingerprint density at radius 3 is 2.20 bits per heavy atom. The van der Waals surface area contributed by atoms with Gasteiger partial charge in [-0.1, -0.05) is 31.9 Å². The number of nitrogens with zero attached hydrogens (tertiary/aromatic N) is 1. The van der Waals surface area contributed by atoms with Crippen LogP contribution < -0.4 is 5.32 Å². The molecule has 0 bridgehead atoms. The van der Waals surface area contributed by atoms with Gasteiger partial charge in [0.1, 0.15) is 0 Å². The summed E-state index contributed by atoms with van der Waals surface area (Å²) in [5.74, 6) is 0.0249. The molecule has 1 heterocycles. The molecule has 1 saturated carbocycles. The maximum Gasteiger partial charge on any atom is 0.251 e. The van der Waals surface area contributed by atoms with Gasteiger partial charge in [-0.3, -0.25) is 4.79 Å². The second-order valence-electron chi connectivity index (χ2n) is 5.67. The molecule has 0 atom stereocenters. The van der Waals surface area contributed by atoms with E-state index in [-0.39, 0.29) is 5.91 Å². The molecular formula is C15H18Br2N2O. The highest BCUT2D eigenvalue weighted by Crippen LogP contribution is 2.29. The molecule has 3 nitrogen and oxygen atoms in total. The van der Waals surface area contributed by atoms with Gasteiger partial charge in [-0.2, -0.15) is 0 Å². The quantitative estimate of drug-likeness (QED) is 0.839. The van der Waals surface area contributed by atoms with Gasteiger partial charge < -0.3 is 10.2 Å². The molecule has 1 aromatic rings. The normalized spacial score (nSPS) is 20.9. The van der Waals surface area contributed by atoms with Crippen molar-refractivity contribution in [2.24, 2.45) is 0 Å². The molecule has 0 radical (unpaired) electrons. The number of amides is 1. The predicted octanol–water partition coefficient (Wildman–Crippen LogP) is 3.57. The lowest BCUT2D eigenvalue weighted by molar-refractivity contribution is 0.0909. The van der Waals surface area contributed by atoms with Gasteiger partial charge in [-0.15, -0.1) is 0 Å². The van der Waals surface area contributed by atoms with Crippen LogP contribution in [0.4, 0.5) is 0 Å². The number of rotatable bonds is 3. The Morgan fingerprint density at radius 1 is 1.05 bits per heavy atom. The molecule has 1 amide bonds. The molecule has 2 fully saturated rings. The van der Waals surface area contributed by atoms with E-state index in [0.717, 1.165) is 40.9 Å². The van der Waals surface area contributed by atoms with Gasteiger partial charge in [-0.25, -0.2) is 0 Å². The first-order chi connectivity index (χ1) is 9.61. The van der Waals surface area contributed by atoms with Crippen molar-refractivity contribution in [3.8, 4) is 0 Å². The van der Waals surface area contributed by atoms with Gasteiger partial charge in [0.05, 0.1) is 0 Å². The van der Waals surface area contributed by atoms with E-state index in [1.54, 1.807) is 0 Å². The number of carbonyl (C=O) groups excluding carboxylic acids is 1. The SMILES string of the molecule is O=C(NC1CCN(C2CC2)CC1)c1cc(Br)cc(Br)c1. The molecule has 1 aliphatic heterocycles. The van der Waals surface area contributed by atoms with Crippen LogP contribution in [0.15, 0.2) is 27.1 Å². The summed E-state index contributed by atoms with van der Waals surface area (Å²) >= 11 is 6.84. The number of hydrogen-bond donors (Lipinski definition) is 1. The van der Waals surface area contributed by atoms with Crippen molar-refractivity contribution in [1.29, 1.82) is 0 Å². The van der Waals surface area contributed by atoms with Gasteiger partial charge >= 0.3 is 0 Å². The van der Waals surface area contributed by atoms with Crippen molar-refractivity contribution in [2.75, 3.05) is 13.1 Å². The van der Waals surface area contributed by atoms with Gasteiger partial charge in [0.15, 0.2) is 0 Å². The molecule has 0 unspecified atom stereocenters. The summed E-state index contributed by atoms with van der Waals surface area (Å²) in [4.78, 5) is 14.8. The van der Waals surface area contributed by atoms with Crippen LogP contribution in [-0.4, -0.2) is 36.0 Å². The molecule has 0 aromatic heterocycles. The number of hydrogen-bond acceptors (Lipinski definition) is 2. The third-order valence-electron chi connectivity index (χ3n) is 4.05. The fraction of sp³-hybridized carbons (Fsp3) is 0.533. The van der Waals surface area contributed by atoms with E-state index < -0.39 is 0 Å². The average Bonchev–Trinajstić information content (AvgIpc) is 3.23. The smallest absolute Gasteiger partial charge is 0.251 e. The van der Waals surface area contributed by atoms with E-state index in [1.807, 2.05) is 18.2 Å². The van der Waals surface area contributed by atoms with Crippen LogP contribution >= 0.6 is 31.9 Å². The molecule has 2 aliphatic rings. The van der Waals surface area contributed by atoms with Crippen molar-refractivity contribution in [3.63, 3.8) is 0 Å². The summed E-state index contributed by atoms with van der Waals surface area (Å²) in [6.07, 6.45) is 4.86. The highest BCUT2D eigenvalue weighted by Gasteiger charge is 2.32. The zero-order valence-corrected chi connectivity index (χ0v) is 14.4. The van der Waals surface area contributed by atoms with Crippen LogP contribution in [0, 0.1) is 0 Å². The summed E-state index contributed by atoms with van der Waals surface area (Å²) in [6.45, 7) is 2.25. The largest absolute Gasteiger partial charge is 0.349 e. The van der Waals surface area contributed by atoms with Crippen molar-refractivity contribution in [3.05, 3.63) is 32.7 Å². The van der Waals surface area contributed by atoms with E-state index in [2.05, 4.69) is 42.1 Å². The Hall–Kier alpha value is -0.390. The van der Waals surface area contributed by atoms with Crippen molar-refractivity contribution < 1.29 is 4.79 Å². The van der Waals surface area contributed by atoms with Gasteiger partial charge in [0, 0.05) is 39.7 Å². The minimum absolute atomic E-state index is 0.0249. The minimum Gasteiger partial charge on any atom is -0.349 e. The molecule has 1 aromatic carbocycles. The number of halogens is 2. The molecule has 1 aliphatic carbocycles. The highest BCUT2D eigenvalue weighted by molar-refractivity contribution is 9.11. The maximum atomic E-state index is 12.3. The number of likely N-dealkylation sites (tertiary alicyclic amines) is 1. The first-order valence-electron chi connectivity index (χ1n) is 7.13. The number of nitrogens with one attached hydrogen (secondary N) is 1. The fourth-order valence-electron chi connectivity index (χ4n) is 2.80. The monoisotopic (exact) mass is 400 g/mol. The Balaban J connectivity index is 1.56. The summed E-state index contributed by atoms with van der Waals surface area (Å²) in [5, 5.41) is 3.16. The van der Waals surface area contributed by atoms with E-state index >= 15 is 0 Å². The lowest BCUT2D eigenvalue weighted by atomic mass is 10.0. The summed E-state index contributed by atoms with van der Waals surface area (Å²) in [6, 6.07) is 6.81. The molecule has 1 saturated heterocycles. The molecule has 20 heavy (non-hydrogen) atoms. The van der Waals surface area contributed by atoms with Gasteiger partial charge in [0.25, 0.3) is 5.91 Å². The van der Waals surface area contributed by atoms with Crippen molar-refractivity contribution >= 4 is 37.8 Å². The maximum absolute atomic E-state index is 12.3. The third kappa shape index (κ3) is 3.62. The Bertz CT molecular complexity index is 488. The van der Waals surface area contributed by atoms with E-state index in [1.165, 1.54) is 12.8 Å². The van der Waals surface area contributed by atoms with E-state index in [4.69, 9.17) is 0 Å². The van der Waals surface area contributed by atoms with Crippen LogP contribution in [0.25, 0.3) is 0 Å². The Morgan fingerprint density at radius 2 is 1.65 bits per heavy atom. The topological polar surface area (TPSA) is 32.3 Å². The van der Waals surface area contributed by atoms with Crippen LogP contribution in [-0.2, 0) is 0 Å². The Kier molecular flexibility index (Phi) is 4.48. The van der Waals surface area contributed by atoms with Gasteiger partial charge in [0.2, 0.25) is 0 Å². The highest BCUT2D eigenvalue weighted by atomic mass is 79.9. The molecular weight excluding hydrogens is 384 g/mol. The standard InChI is InChI=1S/C15H18Br2N2O/c16-11-7-10(8-12(17)9-11)15(20)18-13-3-5-19(6-4-13)14-1-2-14/h7-9,13-14H,1-6H2,(H,18,20). The molecule has 108 valence electrons. The van der Waals surface area contributed by atoms with Crippen LogP contribution in [0.5, 0.6) is 0 Å². The third-order valence-corrected chi connectivity index (χ3v) is 4.97. The minimum atomic E-state index is 0.0249. The van der Waals surface area contributed by atoms with Crippen molar-refractivity contribution in [2.45, 2.75) is 37.8 Å². The van der Waals surface area contributed by atoms with Crippen LogP contribution in [0.1, 0.15) is 36.0 Å². The Labute approximate surface area is 136 Å². The average molecular weight is 402 g/mol. The fourth-order valence-corrected chi connectivity index (χ4v) is 4.10. The first kappa shape index (κ1) is 14.5. The first-order valence-corrected chi connectivity index (χ1v) is 8.71. The van der Waals surface area contributed by atoms with Crippen molar-refractivity contribution in [1.82, 2.24) is 10.2 Å². The lowest BCUT2D eigenvalue weighted by Crippen LogP contribution is -2.45. The second-order valence-corrected chi connectivity index (χ2v) is 7.50. The number of carbonyl (C=O) groups is 1. The van der Waals surface area contributed by atoms with Crippen LogP contribution in [0.2, 0.25) is 0 Å².